The number of aliphatic carboxylic acids is 2. The highest BCUT2D eigenvalue weighted by molar-refractivity contribution is 6.42. The van der Waals surface area contributed by atoms with Crippen LogP contribution in [-0.4, -0.2) is 93.2 Å². The van der Waals surface area contributed by atoms with Crippen LogP contribution in [0.25, 0.3) is 0 Å². The Morgan fingerprint density at radius 2 is 1.54 bits per heavy atom. The lowest BCUT2D eigenvalue weighted by atomic mass is 9.82. The van der Waals surface area contributed by atoms with E-state index in [0.717, 1.165) is 31.6 Å². The van der Waals surface area contributed by atoms with Crippen LogP contribution in [0.1, 0.15) is 26.7 Å². The molecule has 2 heterocycles. The summed E-state index contributed by atoms with van der Waals surface area (Å²) in [7, 11) is 0. The number of rotatable bonds is 6. The molecule has 1 aromatic rings. The first-order valence-corrected chi connectivity index (χ1v) is 11.7. The molecule has 3 rings (SSSR count). The molecule has 0 spiro atoms. The second-order valence-corrected chi connectivity index (χ2v) is 9.28. The lowest BCUT2D eigenvalue weighted by Crippen LogP contribution is -2.73. The molecule has 2 saturated heterocycles. The quantitative estimate of drug-likeness (QED) is 0.473. The minimum Gasteiger partial charge on any atom is -0.478 e. The zero-order chi connectivity index (χ0) is 26.3. The van der Waals surface area contributed by atoms with Gasteiger partial charge in [0.15, 0.2) is 5.78 Å². The van der Waals surface area contributed by atoms with Crippen LogP contribution in [0.2, 0.25) is 10.0 Å². The Labute approximate surface area is 213 Å². The van der Waals surface area contributed by atoms with E-state index in [1.165, 1.54) is 11.8 Å². The second-order valence-electron chi connectivity index (χ2n) is 8.46. The number of carbonyl (C=O) groups is 4. The SMILES string of the molecule is CC(=O)C1(C)C(CN2CCCC2)N(c2ccc(Cl)c(Cl)c2)CCN1C(=O)O.O=C(O)C=CC(=O)O. The van der Waals surface area contributed by atoms with Crippen molar-refractivity contribution in [2.45, 2.75) is 38.3 Å². The molecule has 12 heteroatoms. The molecule has 1 aromatic carbocycles. The number of Topliss-reactive ketones (excluding diaryl/α,β-unsaturated/α-hetero) is 1. The Bertz CT molecular complexity index is 981. The summed E-state index contributed by atoms with van der Waals surface area (Å²) in [6.45, 7) is 6.52. The number of likely N-dealkylation sites (tertiary alicyclic amines) is 1. The van der Waals surface area contributed by atoms with E-state index in [1.807, 2.05) is 6.07 Å². The van der Waals surface area contributed by atoms with Gasteiger partial charge in [-0.25, -0.2) is 14.4 Å². The van der Waals surface area contributed by atoms with Crippen molar-refractivity contribution < 1.29 is 34.5 Å². The van der Waals surface area contributed by atoms with Crippen molar-refractivity contribution in [3.63, 3.8) is 0 Å². The Kier molecular flexibility index (Phi) is 9.93. The third kappa shape index (κ3) is 7.09. The van der Waals surface area contributed by atoms with E-state index in [9.17, 15) is 24.3 Å². The predicted octanol–water partition coefficient (Wildman–Crippen LogP) is 3.32. The van der Waals surface area contributed by atoms with Gasteiger partial charge in [0, 0.05) is 37.5 Å². The summed E-state index contributed by atoms with van der Waals surface area (Å²) in [5.74, 6) is -2.67. The van der Waals surface area contributed by atoms with Gasteiger partial charge in [-0.05, 0) is 58.0 Å². The summed E-state index contributed by atoms with van der Waals surface area (Å²) < 4.78 is 0. The molecule has 192 valence electrons. The topological polar surface area (TPSA) is 139 Å². The molecule has 10 nitrogen and oxygen atoms in total. The van der Waals surface area contributed by atoms with Crippen LogP contribution < -0.4 is 4.90 Å². The first kappa shape index (κ1) is 28.4. The molecule has 35 heavy (non-hydrogen) atoms. The van der Waals surface area contributed by atoms with Crippen molar-refractivity contribution in [1.82, 2.24) is 9.80 Å². The molecule has 0 aliphatic carbocycles. The van der Waals surface area contributed by atoms with Gasteiger partial charge in [-0.15, -0.1) is 0 Å². The van der Waals surface area contributed by atoms with Gasteiger partial charge in [0.2, 0.25) is 0 Å². The molecule has 0 aromatic heterocycles. The first-order chi connectivity index (χ1) is 16.4. The fourth-order valence-electron chi connectivity index (χ4n) is 4.40. The van der Waals surface area contributed by atoms with E-state index in [0.29, 0.717) is 35.3 Å². The first-order valence-electron chi connectivity index (χ1n) is 11.0. The van der Waals surface area contributed by atoms with Gasteiger partial charge in [-0.1, -0.05) is 23.2 Å². The van der Waals surface area contributed by atoms with Gasteiger partial charge >= 0.3 is 18.0 Å². The lowest BCUT2D eigenvalue weighted by molar-refractivity contribution is -0.134. The van der Waals surface area contributed by atoms with E-state index in [-0.39, 0.29) is 18.4 Å². The summed E-state index contributed by atoms with van der Waals surface area (Å²) in [5, 5.41) is 26.3. The average molecular weight is 530 g/mol. The highest BCUT2D eigenvalue weighted by Crippen LogP contribution is 2.36. The van der Waals surface area contributed by atoms with E-state index in [2.05, 4.69) is 9.80 Å². The highest BCUT2D eigenvalue weighted by atomic mass is 35.5. The summed E-state index contributed by atoms with van der Waals surface area (Å²) in [5.41, 5.74) is -0.287. The maximum atomic E-state index is 12.7. The van der Waals surface area contributed by atoms with Gasteiger partial charge in [0.1, 0.15) is 5.54 Å². The van der Waals surface area contributed by atoms with E-state index in [4.69, 9.17) is 33.4 Å². The van der Waals surface area contributed by atoms with Crippen LogP contribution in [0.4, 0.5) is 10.5 Å². The Morgan fingerprint density at radius 1 is 0.971 bits per heavy atom. The third-order valence-electron chi connectivity index (χ3n) is 6.33. The van der Waals surface area contributed by atoms with Gasteiger partial charge in [0.05, 0.1) is 16.1 Å². The molecular weight excluding hydrogens is 501 g/mol. The maximum Gasteiger partial charge on any atom is 0.408 e. The molecule has 2 fully saturated rings. The van der Waals surface area contributed by atoms with Crippen molar-refractivity contribution in [3.05, 3.63) is 40.4 Å². The van der Waals surface area contributed by atoms with Crippen LogP contribution in [0.3, 0.4) is 0 Å². The number of halogens is 2. The van der Waals surface area contributed by atoms with Crippen molar-refractivity contribution in [2.24, 2.45) is 0 Å². The van der Waals surface area contributed by atoms with Gasteiger partial charge in [0.25, 0.3) is 0 Å². The van der Waals surface area contributed by atoms with Crippen molar-refractivity contribution in [2.75, 3.05) is 37.6 Å². The molecule has 2 atom stereocenters. The average Bonchev–Trinajstić information content (AvgIpc) is 3.29. The zero-order valence-corrected chi connectivity index (χ0v) is 21.0. The zero-order valence-electron chi connectivity index (χ0n) is 19.5. The number of carboxylic acid groups (broad SMARTS) is 3. The number of hydrogen-bond acceptors (Lipinski definition) is 6. The summed E-state index contributed by atoms with van der Waals surface area (Å²) in [6, 6.07) is 5.09. The standard InChI is InChI=1S/C19H25Cl2N3O3.C4H4O4/c1-13(25)19(2)17(12-22-7-3-4-8-22)23(9-10-24(19)18(26)27)14-5-6-15(20)16(21)11-14;5-3(6)1-2-4(7)8/h5-6,11,17H,3-4,7-10,12H2,1-2H3,(H,26,27);1-2H,(H,5,6)(H,7,8). The number of carboxylic acids is 2. The van der Waals surface area contributed by atoms with Crippen LogP contribution in [0.5, 0.6) is 0 Å². The van der Waals surface area contributed by atoms with Crippen molar-refractivity contribution in [3.8, 4) is 0 Å². The number of carbonyl (C=O) groups excluding carboxylic acids is 1. The number of nitrogens with zero attached hydrogens (tertiary/aromatic N) is 3. The van der Waals surface area contributed by atoms with Crippen molar-refractivity contribution in [1.29, 1.82) is 0 Å². The number of amides is 1. The number of anilines is 1. The second kappa shape index (κ2) is 12.2. The maximum absolute atomic E-state index is 12.7. The predicted molar refractivity (Wildman–Crippen MR) is 131 cm³/mol. The largest absolute Gasteiger partial charge is 0.478 e. The van der Waals surface area contributed by atoms with Gasteiger partial charge in [-0.2, -0.15) is 0 Å². The normalized spacial score (nSPS) is 22.6. The van der Waals surface area contributed by atoms with Crippen LogP contribution in [0.15, 0.2) is 30.4 Å². The molecule has 0 saturated carbocycles. The number of piperazine rings is 1. The minimum atomic E-state index is -1.26. The lowest BCUT2D eigenvalue weighted by Gasteiger charge is -2.54. The smallest absolute Gasteiger partial charge is 0.408 e. The molecule has 2 aliphatic rings. The molecule has 1 amide bonds. The van der Waals surface area contributed by atoms with E-state index >= 15 is 0 Å². The summed E-state index contributed by atoms with van der Waals surface area (Å²) >= 11 is 12.3. The Hall–Kier alpha value is -2.82. The number of ketones is 1. The fraction of sp³-hybridized carbons (Fsp3) is 0.478. The Balaban J connectivity index is 0.000000466. The molecule has 0 bridgehead atoms. The molecule has 2 unspecified atom stereocenters. The fourth-order valence-corrected chi connectivity index (χ4v) is 4.69. The van der Waals surface area contributed by atoms with Crippen LogP contribution in [-0.2, 0) is 14.4 Å². The molecule has 0 radical (unpaired) electrons. The van der Waals surface area contributed by atoms with E-state index in [1.54, 1.807) is 19.1 Å². The monoisotopic (exact) mass is 529 g/mol. The third-order valence-corrected chi connectivity index (χ3v) is 7.07. The number of benzene rings is 1. The molecular formula is C23H29Cl2N3O7. The van der Waals surface area contributed by atoms with E-state index < -0.39 is 23.6 Å². The minimum absolute atomic E-state index is 0.154. The summed E-state index contributed by atoms with van der Waals surface area (Å²) in [6.07, 6.45) is 2.30. The molecule has 2 aliphatic heterocycles. The highest BCUT2D eigenvalue weighted by Gasteiger charge is 2.52. The number of hydrogen-bond donors (Lipinski definition) is 3. The molecule has 3 N–H and O–H groups in total. The van der Waals surface area contributed by atoms with Crippen LogP contribution >= 0.6 is 23.2 Å². The summed E-state index contributed by atoms with van der Waals surface area (Å²) in [4.78, 5) is 49.4. The Morgan fingerprint density at radius 3 is 2.00 bits per heavy atom. The van der Waals surface area contributed by atoms with Crippen LogP contribution in [0, 0.1) is 0 Å². The van der Waals surface area contributed by atoms with Crippen molar-refractivity contribution >= 4 is 52.7 Å². The van der Waals surface area contributed by atoms with Gasteiger partial charge < -0.3 is 25.1 Å². The van der Waals surface area contributed by atoms with Gasteiger partial charge in [-0.3, -0.25) is 9.69 Å².